The lowest BCUT2D eigenvalue weighted by Gasteiger charge is -2.24. The van der Waals surface area contributed by atoms with E-state index >= 15 is 0 Å². The monoisotopic (exact) mass is 224 g/mol. The molecule has 0 amide bonds. The van der Waals surface area contributed by atoms with Crippen LogP contribution in [0, 0.1) is 6.92 Å². The van der Waals surface area contributed by atoms with Crippen LogP contribution in [0.1, 0.15) is 37.7 Å². The molecule has 1 aromatic rings. The molecule has 3 heteroatoms. The first-order valence-corrected chi connectivity index (χ1v) is 6.03. The van der Waals surface area contributed by atoms with Gasteiger partial charge < -0.3 is 5.32 Å². The Morgan fingerprint density at radius 2 is 2.00 bits per heavy atom. The molecule has 0 unspecified atom stereocenters. The van der Waals surface area contributed by atoms with Crippen LogP contribution >= 0.6 is 11.6 Å². The van der Waals surface area contributed by atoms with E-state index in [1.807, 2.05) is 12.1 Å². The third kappa shape index (κ3) is 2.85. The van der Waals surface area contributed by atoms with Gasteiger partial charge >= 0.3 is 0 Å². The van der Waals surface area contributed by atoms with Crippen molar-refractivity contribution in [2.75, 3.05) is 5.32 Å². The lowest BCUT2D eigenvalue weighted by molar-refractivity contribution is 0.461. The summed E-state index contributed by atoms with van der Waals surface area (Å²) in [6.07, 6.45) is 6.55. The fraction of sp³-hybridized carbons (Fsp3) is 0.583. The molecule has 1 heterocycles. The highest BCUT2D eigenvalue weighted by molar-refractivity contribution is 6.29. The van der Waals surface area contributed by atoms with Crippen molar-refractivity contribution >= 4 is 17.4 Å². The molecule has 1 fully saturated rings. The van der Waals surface area contributed by atoms with Gasteiger partial charge in [-0.3, -0.25) is 0 Å². The largest absolute Gasteiger partial charge is 0.367 e. The zero-order valence-electron chi connectivity index (χ0n) is 9.09. The summed E-state index contributed by atoms with van der Waals surface area (Å²) >= 11 is 5.88. The molecule has 0 atom stereocenters. The SMILES string of the molecule is Cc1ccc(Cl)nc1NC1CCCCC1. The fourth-order valence-corrected chi connectivity index (χ4v) is 2.24. The van der Waals surface area contributed by atoms with E-state index in [-0.39, 0.29) is 0 Å². The number of aromatic nitrogens is 1. The van der Waals surface area contributed by atoms with Gasteiger partial charge in [-0.05, 0) is 31.4 Å². The van der Waals surface area contributed by atoms with Gasteiger partial charge in [0.2, 0.25) is 0 Å². The molecule has 1 aliphatic carbocycles. The molecular formula is C12H17ClN2. The van der Waals surface area contributed by atoms with Crippen molar-refractivity contribution in [2.24, 2.45) is 0 Å². The molecule has 0 spiro atoms. The number of hydrogen-bond donors (Lipinski definition) is 1. The summed E-state index contributed by atoms with van der Waals surface area (Å²) in [5.41, 5.74) is 1.17. The summed E-state index contributed by atoms with van der Waals surface area (Å²) in [5.74, 6) is 0.953. The number of nitrogens with zero attached hydrogens (tertiary/aromatic N) is 1. The van der Waals surface area contributed by atoms with Gasteiger partial charge in [0.1, 0.15) is 11.0 Å². The minimum Gasteiger partial charge on any atom is -0.367 e. The summed E-state index contributed by atoms with van der Waals surface area (Å²) in [6.45, 7) is 2.06. The number of pyridine rings is 1. The Kier molecular flexibility index (Phi) is 3.47. The minimum absolute atomic E-state index is 0.568. The first-order valence-electron chi connectivity index (χ1n) is 5.65. The van der Waals surface area contributed by atoms with Gasteiger partial charge in [0.05, 0.1) is 0 Å². The third-order valence-electron chi connectivity index (χ3n) is 3.01. The van der Waals surface area contributed by atoms with Crippen LogP contribution < -0.4 is 5.32 Å². The van der Waals surface area contributed by atoms with Crippen molar-refractivity contribution in [3.63, 3.8) is 0 Å². The van der Waals surface area contributed by atoms with Crippen molar-refractivity contribution in [3.05, 3.63) is 22.8 Å². The molecule has 15 heavy (non-hydrogen) atoms. The van der Waals surface area contributed by atoms with E-state index in [1.165, 1.54) is 37.7 Å². The summed E-state index contributed by atoms with van der Waals surface area (Å²) < 4.78 is 0. The van der Waals surface area contributed by atoms with Crippen LogP contribution in [0.15, 0.2) is 12.1 Å². The quantitative estimate of drug-likeness (QED) is 0.774. The van der Waals surface area contributed by atoms with Crippen molar-refractivity contribution < 1.29 is 0 Å². The second-order valence-corrected chi connectivity index (χ2v) is 4.67. The predicted molar refractivity (Wildman–Crippen MR) is 64.5 cm³/mol. The van der Waals surface area contributed by atoms with Crippen molar-refractivity contribution in [2.45, 2.75) is 45.1 Å². The molecule has 0 radical (unpaired) electrons. The van der Waals surface area contributed by atoms with Crippen LogP contribution in [0.25, 0.3) is 0 Å². The Balaban J connectivity index is 2.05. The van der Waals surface area contributed by atoms with Crippen LogP contribution in [-0.2, 0) is 0 Å². The molecule has 1 aromatic heterocycles. The van der Waals surface area contributed by atoms with Crippen LogP contribution in [0.4, 0.5) is 5.82 Å². The van der Waals surface area contributed by atoms with E-state index in [2.05, 4.69) is 17.2 Å². The van der Waals surface area contributed by atoms with Crippen LogP contribution in [-0.4, -0.2) is 11.0 Å². The molecule has 2 rings (SSSR count). The topological polar surface area (TPSA) is 24.9 Å². The zero-order chi connectivity index (χ0) is 10.7. The van der Waals surface area contributed by atoms with Crippen molar-refractivity contribution in [1.82, 2.24) is 4.98 Å². The summed E-state index contributed by atoms with van der Waals surface area (Å²) in [4.78, 5) is 4.32. The van der Waals surface area contributed by atoms with Crippen LogP contribution in [0.2, 0.25) is 5.15 Å². The summed E-state index contributed by atoms with van der Waals surface area (Å²) in [5, 5.41) is 4.06. The molecule has 2 nitrogen and oxygen atoms in total. The van der Waals surface area contributed by atoms with E-state index in [0.717, 1.165) is 5.82 Å². The second kappa shape index (κ2) is 4.84. The maximum Gasteiger partial charge on any atom is 0.131 e. The smallest absolute Gasteiger partial charge is 0.131 e. The Bertz CT molecular complexity index is 332. The van der Waals surface area contributed by atoms with Gasteiger partial charge in [-0.1, -0.05) is 36.9 Å². The fourth-order valence-electron chi connectivity index (χ4n) is 2.09. The van der Waals surface area contributed by atoms with E-state index in [0.29, 0.717) is 11.2 Å². The number of aryl methyl sites for hydroxylation is 1. The lowest BCUT2D eigenvalue weighted by atomic mass is 9.95. The molecule has 1 N–H and O–H groups in total. The molecule has 0 bridgehead atoms. The molecule has 0 aromatic carbocycles. The maximum atomic E-state index is 5.88. The van der Waals surface area contributed by atoms with Gasteiger partial charge in [-0.2, -0.15) is 0 Å². The molecule has 1 aliphatic rings. The number of rotatable bonds is 2. The molecule has 0 aliphatic heterocycles. The van der Waals surface area contributed by atoms with Gasteiger partial charge in [0.25, 0.3) is 0 Å². The number of anilines is 1. The normalized spacial score (nSPS) is 17.7. The Morgan fingerprint density at radius 1 is 1.27 bits per heavy atom. The van der Waals surface area contributed by atoms with Gasteiger partial charge in [0, 0.05) is 6.04 Å². The zero-order valence-corrected chi connectivity index (χ0v) is 9.85. The van der Waals surface area contributed by atoms with E-state index in [9.17, 15) is 0 Å². The minimum atomic E-state index is 0.568. The average Bonchev–Trinajstić information content (AvgIpc) is 2.25. The molecule has 1 saturated carbocycles. The maximum absolute atomic E-state index is 5.88. The highest BCUT2D eigenvalue weighted by Crippen LogP contribution is 2.23. The van der Waals surface area contributed by atoms with Gasteiger partial charge in [-0.25, -0.2) is 4.98 Å². The van der Waals surface area contributed by atoms with E-state index in [4.69, 9.17) is 11.6 Å². The molecule has 0 saturated heterocycles. The number of halogens is 1. The summed E-state index contributed by atoms with van der Waals surface area (Å²) in [6, 6.07) is 4.44. The third-order valence-corrected chi connectivity index (χ3v) is 3.22. The second-order valence-electron chi connectivity index (χ2n) is 4.28. The Morgan fingerprint density at radius 3 is 2.73 bits per heavy atom. The molecular weight excluding hydrogens is 208 g/mol. The van der Waals surface area contributed by atoms with Crippen LogP contribution in [0.5, 0.6) is 0 Å². The first kappa shape index (κ1) is 10.7. The predicted octanol–water partition coefficient (Wildman–Crippen LogP) is 3.79. The summed E-state index contributed by atoms with van der Waals surface area (Å²) in [7, 11) is 0. The Labute approximate surface area is 96.1 Å². The number of nitrogens with one attached hydrogen (secondary N) is 1. The first-order chi connectivity index (χ1) is 7.25. The standard InChI is InChI=1S/C12H17ClN2/c1-9-7-8-11(13)15-12(9)14-10-5-3-2-4-6-10/h7-8,10H,2-6H2,1H3,(H,14,15). The van der Waals surface area contributed by atoms with Gasteiger partial charge in [0.15, 0.2) is 0 Å². The van der Waals surface area contributed by atoms with Crippen molar-refractivity contribution in [3.8, 4) is 0 Å². The molecule has 82 valence electrons. The van der Waals surface area contributed by atoms with E-state index < -0.39 is 0 Å². The highest BCUT2D eigenvalue weighted by Gasteiger charge is 2.14. The van der Waals surface area contributed by atoms with Gasteiger partial charge in [-0.15, -0.1) is 0 Å². The average molecular weight is 225 g/mol. The Hall–Kier alpha value is -0.760. The highest BCUT2D eigenvalue weighted by atomic mass is 35.5. The van der Waals surface area contributed by atoms with Crippen LogP contribution in [0.3, 0.4) is 0 Å². The number of hydrogen-bond acceptors (Lipinski definition) is 2. The van der Waals surface area contributed by atoms with E-state index in [1.54, 1.807) is 0 Å². The van der Waals surface area contributed by atoms with Crippen molar-refractivity contribution in [1.29, 1.82) is 0 Å². The lowest BCUT2D eigenvalue weighted by Crippen LogP contribution is -2.23.